The Balaban J connectivity index is 1.23. The fraction of sp³-hybridized carbons (Fsp3) is 0.343. The number of fused-ring (bicyclic) bond motifs is 3. The third kappa shape index (κ3) is 8.11. The van der Waals surface area contributed by atoms with E-state index in [1.54, 1.807) is 36.6 Å². The zero-order valence-electron chi connectivity index (χ0n) is 27.4. The molecule has 1 aliphatic rings. The average Bonchev–Trinajstić information content (AvgIpc) is 3.55. The van der Waals surface area contributed by atoms with E-state index in [0.29, 0.717) is 54.0 Å². The molecule has 0 radical (unpaired) electrons. The van der Waals surface area contributed by atoms with Gasteiger partial charge in [-0.25, -0.2) is 0 Å². The van der Waals surface area contributed by atoms with Gasteiger partial charge in [0.15, 0.2) is 5.82 Å². The lowest BCUT2D eigenvalue weighted by atomic mass is 9.99. The van der Waals surface area contributed by atoms with E-state index in [0.717, 1.165) is 33.2 Å². The lowest BCUT2D eigenvalue weighted by molar-refractivity contribution is -0.122. The molecule has 4 aromatic rings. The summed E-state index contributed by atoms with van der Waals surface area (Å²) in [6.07, 6.45) is 0.731. The number of nitrogens with two attached hydrogens (primary N) is 1. The van der Waals surface area contributed by atoms with Crippen LogP contribution < -0.4 is 21.1 Å². The predicted molar refractivity (Wildman–Crippen MR) is 189 cm³/mol. The molecule has 0 bridgehead atoms. The number of nitrogens with zero attached hydrogens (tertiary/aromatic N) is 4. The minimum atomic E-state index is -0.572. The summed E-state index contributed by atoms with van der Waals surface area (Å²) in [4.78, 5) is 32.3. The topological polar surface area (TPSA) is 146 Å². The fourth-order valence-electron chi connectivity index (χ4n) is 5.29. The van der Waals surface area contributed by atoms with Gasteiger partial charge < -0.3 is 25.8 Å². The summed E-state index contributed by atoms with van der Waals surface area (Å²) < 4.78 is 12.8. The minimum Gasteiger partial charge on any atom is -0.490 e. The second kappa shape index (κ2) is 16.0. The van der Waals surface area contributed by atoms with Crippen LogP contribution >= 0.6 is 22.9 Å². The number of halogens is 1. The third-order valence-electron chi connectivity index (χ3n) is 7.77. The summed E-state index contributed by atoms with van der Waals surface area (Å²) in [6, 6.07) is 12.2. The van der Waals surface area contributed by atoms with Crippen LogP contribution in [0, 0.1) is 32.6 Å². The number of carbonyl (C=O) groups is 2. The number of aryl methyl sites for hydroxylation is 2. The Kier molecular flexibility index (Phi) is 11.6. The molecule has 250 valence electrons. The zero-order valence-corrected chi connectivity index (χ0v) is 28.9. The number of hydrogen-bond donors (Lipinski definition) is 3. The SMILES string of the molecule is COCCOc1ccc(NC(=O)CCCNC(=O)C[C@@H]2N=C(c3ccc(Cl)cc3)c3c(sc(C)c3C)-n3c(C)nnc32)cc1C#CCN. The standard InChI is InChI=1S/C35H38ClN7O4S/c1-21-22(2)48-35-32(21)33(24-9-11-26(36)12-10-24)40-28(34-42-41-23(3)43(34)35)20-31(45)38-16-6-8-30(44)39-27-13-14-29(47-18-17-46-4)25(19-27)7-5-15-37/h9-14,19,28H,6,8,15-18,20,37H2,1-4H3,(H,38,45)(H,39,44)/t28-/m0/s1. The van der Waals surface area contributed by atoms with Crippen molar-refractivity contribution < 1.29 is 19.1 Å². The number of carbonyl (C=O) groups excluding carboxylic acids is 2. The van der Waals surface area contributed by atoms with Crippen molar-refractivity contribution in [2.45, 2.75) is 46.1 Å². The number of methoxy groups -OCH3 is 1. The van der Waals surface area contributed by atoms with Crippen LogP contribution in [-0.4, -0.2) is 65.7 Å². The molecule has 4 N–H and O–H groups in total. The van der Waals surface area contributed by atoms with E-state index in [2.05, 4.69) is 46.5 Å². The van der Waals surface area contributed by atoms with Gasteiger partial charge in [-0.05, 0) is 63.1 Å². The summed E-state index contributed by atoms with van der Waals surface area (Å²) in [5, 5.41) is 16.3. The number of hydrogen-bond acceptors (Lipinski definition) is 9. The maximum atomic E-state index is 13.3. The van der Waals surface area contributed by atoms with Gasteiger partial charge in [0.05, 0.1) is 30.8 Å². The predicted octanol–water partition coefficient (Wildman–Crippen LogP) is 5.06. The van der Waals surface area contributed by atoms with Crippen molar-refractivity contribution in [2.75, 3.05) is 38.7 Å². The Morgan fingerprint density at radius 2 is 1.88 bits per heavy atom. The maximum Gasteiger partial charge on any atom is 0.224 e. The van der Waals surface area contributed by atoms with Crippen LogP contribution in [0.2, 0.25) is 5.02 Å². The molecule has 0 fully saturated rings. The van der Waals surface area contributed by atoms with Crippen LogP contribution in [0.3, 0.4) is 0 Å². The van der Waals surface area contributed by atoms with Crippen LogP contribution in [0.1, 0.15) is 64.1 Å². The van der Waals surface area contributed by atoms with Gasteiger partial charge in [-0.2, -0.15) is 0 Å². The molecule has 0 aliphatic carbocycles. The maximum absolute atomic E-state index is 13.3. The molecule has 48 heavy (non-hydrogen) atoms. The smallest absolute Gasteiger partial charge is 0.224 e. The third-order valence-corrected chi connectivity index (χ3v) is 9.22. The first kappa shape index (κ1) is 34.8. The number of rotatable bonds is 12. The van der Waals surface area contributed by atoms with Gasteiger partial charge in [0, 0.05) is 46.8 Å². The highest BCUT2D eigenvalue weighted by Gasteiger charge is 2.32. The van der Waals surface area contributed by atoms with Crippen molar-refractivity contribution in [1.29, 1.82) is 0 Å². The molecule has 2 aromatic heterocycles. The van der Waals surface area contributed by atoms with Crippen molar-refractivity contribution in [2.24, 2.45) is 10.7 Å². The number of anilines is 1. The molecule has 0 unspecified atom stereocenters. The van der Waals surface area contributed by atoms with Crippen LogP contribution in [0.5, 0.6) is 5.75 Å². The minimum absolute atomic E-state index is 0.0692. The number of aromatic nitrogens is 3. The average molecular weight is 688 g/mol. The monoisotopic (exact) mass is 687 g/mol. The Morgan fingerprint density at radius 1 is 1.08 bits per heavy atom. The Bertz CT molecular complexity index is 1890. The van der Waals surface area contributed by atoms with Gasteiger partial charge in [-0.1, -0.05) is 35.6 Å². The van der Waals surface area contributed by atoms with Gasteiger partial charge in [-0.15, -0.1) is 21.5 Å². The molecule has 5 rings (SSSR count). The van der Waals surface area contributed by atoms with E-state index in [4.69, 9.17) is 31.8 Å². The van der Waals surface area contributed by atoms with Gasteiger partial charge in [0.25, 0.3) is 0 Å². The molecular weight excluding hydrogens is 650 g/mol. The second-order valence-corrected chi connectivity index (χ2v) is 12.8. The second-order valence-electron chi connectivity index (χ2n) is 11.2. The van der Waals surface area contributed by atoms with Crippen LogP contribution in [0.15, 0.2) is 47.5 Å². The van der Waals surface area contributed by atoms with Crippen molar-refractivity contribution >= 4 is 46.2 Å². The molecule has 0 spiro atoms. The summed E-state index contributed by atoms with van der Waals surface area (Å²) in [5.41, 5.74) is 10.6. The lowest BCUT2D eigenvalue weighted by Gasteiger charge is -2.13. The summed E-state index contributed by atoms with van der Waals surface area (Å²) in [7, 11) is 1.60. The number of thiophene rings is 1. The summed E-state index contributed by atoms with van der Waals surface area (Å²) >= 11 is 7.86. The lowest BCUT2D eigenvalue weighted by Crippen LogP contribution is -2.27. The van der Waals surface area contributed by atoms with Gasteiger partial charge in [0.2, 0.25) is 11.8 Å². The van der Waals surface area contributed by atoms with Crippen LogP contribution in [0.25, 0.3) is 5.00 Å². The Labute approximate surface area is 288 Å². The van der Waals surface area contributed by atoms with Gasteiger partial charge in [-0.3, -0.25) is 19.1 Å². The first-order valence-electron chi connectivity index (χ1n) is 15.6. The van der Waals surface area contributed by atoms with Gasteiger partial charge >= 0.3 is 0 Å². The number of amides is 2. The van der Waals surface area contributed by atoms with E-state index in [1.165, 1.54) is 4.88 Å². The first-order chi connectivity index (χ1) is 23.2. The highest BCUT2D eigenvalue weighted by atomic mass is 35.5. The van der Waals surface area contributed by atoms with E-state index < -0.39 is 6.04 Å². The molecule has 0 saturated heterocycles. The van der Waals surface area contributed by atoms with Crippen molar-refractivity contribution in [3.8, 4) is 22.6 Å². The van der Waals surface area contributed by atoms with Gasteiger partial charge in [0.1, 0.15) is 29.2 Å². The van der Waals surface area contributed by atoms with Crippen molar-refractivity contribution in [3.63, 3.8) is 0 Å². The molecule has 13 heteroatoms. The number of aliphatic imine (C=N–C) groups is 1. The van der Waals surface area contributed by atoms with Crippen LogP contribution in [-0.2, 0) is 14.3 Å². The summed E-state index contributed by atoms with van der Waals surface area (Å²) in [6.45, 7) is 7.41. The molecule has 3 heterocycles. The molecule has 2 amide bonds. The molecule has 0 saturated carbocycles. The molecule has 2 aromatic carbocycles. The molecular formula is C35H38ClN7O4S. The Morgan fingerprint density at radius 3 is 2.62 bits per heavy atom. The van der Waals surface area contributed by atoms with Crippen LogP contribution in [0.4, 0.5) is 5.69 Å². The molecule has 1 aliphatic heterocycles. The number of benzene rings is 2. The van der Waals surface area contributed by atoms with E-state index in [1.807, 2.05) is 35.8 Å². The largest absolute Gasteiger partial charge is 0.490 e. The molecule has 1 atom stereocenters. The highest BCUT2D eigenvalue weighted by molar-refractivity contribution is 7.15. The van der Waals surface area contributed by atoms with Crippen molar-refractivity contribution in [3.05, 3.63) is 86.3 Å². The van der Waals surface area contributed by atoms with E-state index in [-0.39, 0.29) is 31.2 Å². The van der Waals surface area contributed by atoms with E-state index >= 15 is 0 Å². The number of nitrogens with one attached hydrogen (secondary N) is 2. The quantitative estimate of drug-likeness (QED) is 0.139. The molecule has 11 nitrogen and oxygen atoms in total. The normalized spacial score (nSPS) is 13.4. The fourth-order valence-corrected chi connectivity index (χ4v) is 6.63. The van der Waals surface area contributed by atoms with Crippen molar-refractivity contribution in [1.82, 2.24) is 20.1 Å². The Hall–Kier alpha value is -4.54. The number of ether oxygens (including phenoxy) is 2. The highest BCUT2D eigenvalue weighted by Crippen LogP contribution is 2.39. The first-order valence-corrected chi connectivity index (χ1v) is 16.8. The summed E-state index contributed by atoms with van der Waals surface area (Å²) in [5.74, 6) is 7.34. The van der Waals surface area contributed by atoms with E-state index in [9.17, 15) is 9.59 Å². The zero-order chi connectivity index (χ0) is 34.2.